The van der Waals surface area contributed by atoms with Gasteiger partial charge in [-0.1, -0.05) is 6.07 Å². The van der Waals surface area contributed by atoms with Crippen LogP contribution in [0.15, 0.2) is 22.8 Å². The second-order valence-corrected chi connectivity index (χ2v) is 6.28. The van der Waals surface area contributed by atoms with E-state index < -0.39 is 0 Å². The van der Waals surface area contributed by atoms with Gasteiger partial charge in [0.1, 0.15) is 16.2 Å². The molecule has 0 saturated heterocycles. The van der Waals surface area contributed by atoms with Gasteiger partial charge in [-0.3, -0.25) is 0 Å². The minimum absolute atomic E-state index is 0.509. The van der Waals surface area contributed by atoms with Gasteiger partial charge < -0.3 is 4.74 Å². The van der Waals surface area contributed by atoms with E-state index in [1.54, 1.807) is 0 Å². The topological polar surface area (TPSA) is 35.0 Å². The molecule has 0 amide bonds. The summed E-state index contributed by atoms with van der Waals surface area (Å²) in [6.07, 6.45) is 2.36. The molecule has 1 fully saturated rings. The molecule has 1 saturated carbocycles. The molecule has 0 unspecified atom stereocenters. The van der Waals surface area contributed by atoms with Crippen LogP contribution in [0.5, 0.6) is 11.6 Å². The average Bonchev–Trinajstić information content (AvgIpc) is 3.18. The maximum Gasteiger partial charge on any atom is 0.223 e. The first-order valence-corrected chi connectivity index (χ1v) is 7.62. The van der Waals surface area contributed by atoms with E-state index in [2.05, 4.69) is 58.8 Å². The number of aromatic nitrogens is 2. The number of hydrogen-bond donors (Lipinski definition) is 0. The molecule has 0 atom stereocenters. The summed E-state index contributed by atoms with van der Waals surface area (Å²) < 4.78 is 6.77. The van der Waals surface area contributed by atoms with Gasteiger partial charge in [-0.25, -0.2) is 4.98 Å². The molecule has 20 heavy (non-hydrogen) atoms. The van der Waals surface area contributed by atoms with E-state index in [9.17, 15) is 0 Å². The standard InChI is InChI=1S/C16H17BrN2O/c1-9-6-10(2)11(3)13(7-9)20-15-8-14(17)18-16(19-15)12-4-5-12/h6-8,12H,4-5H2,1-3H3. The van der Waals surface area contributed by atoms with Crippen molar-refractivity contribution in [1.82, 2.24) is 9.97 Å². The molecular weight excluding hydrogens is 316 g/mol. The van der Waals surface area contributed by atoms with Gasteiger partial charge in [-0.05, 0) is 72.3 Å². The van der Waals surface area contributed by atoms with Crippen LogP contribution in [-0.2, 0) is 0 Å². The van der Waals surface area contributed by atoms with Crippen LogP contribution in [0, 0.1) is 20.8 Å². The summed E-state index contributed by atoms with van der Waals surface area (Å²) in [6, 6.07) is 6.03. The average molecular weight is 333 g/mol. The van der Waals surface area contributed by atoms with Crippen molar-refractivity contribution in [2.24, 2.45) is 0 Å². The summed E-state index contributed by atoms with van der Waals surface area (Å²) in [7, 11) is 0. The Morgan fingerprint density at radius 2 is 1.85 bits per heavy atom. The second kappa shape index (κ2) is 5.17. The number of halogens is 1. The zero-order valence-corrected chi connectivity index (χ0v) is 13.5. The molecule has 1 aromatic heterocycles. The van der Waals surface area contributed by atoms with Crippen LogP contribution >= 0.6 is 15.9 Å². The molecule has 0 N–H and O–H groups in total. The third-order valence-electron chi connectivity index (χ3n) is 3.61. The number of hydrogen-bond acceptors (Lipinski definition) is 3. The summed E-state index contributed by atoms with van der Waals surface area (Å²) in [6.45, 7) is 6.24. The van der Waals surface area contributed by atoms with Gasteiger partial charge in [0.15, 0.2) is 0 Å². The lowest BCUT2D eigenvalue weighted by atomic mass is 10.1. The van der Waals surface area contributed by atoms with Crippen LogP contribution in [0.25, 0.3) is 0 Å². The molecule has 0 radical (unpaired) electrons. The van der Waals surface area contributed by atoms with Crippen molar-refractivity contribution in [2.75, 3.05) is 0 Å². The van der Waals surface area contributed by atoms with Gasteiger partial charge in [-0.2, -0.15) is 4.98 Å². The van der Waals surface area contributed by atoms with Crippen LogP contribution in [0.3, 0.4) is 0 Å². The first-order chi connectivity index (χ1) is 9.52. The van der Waals surface area contributed by atoms with Crippen LogP contribution < -0.4 is 4.74 Å². The Labute approximate surface area is 127 Å². The number of ether oxygens (including phenoxy) is 1. The fourth-order valence-electron chi connectivity index (χ4n) is 2.21. The van der Waals surface area contributed by atoms with E-state index in [0.29, 0.717) is 11.8 Å². The van der Waals surface area contributed by atoms with Crippen LogP contribution in [0.1, 0.15) is 41.3 Å². The lowest BCUT2D eigenvalue weighted by molar-refractivity contribution is 0.453. The van der Waals surface area contributed by atoms with Crippen molar-refractivity contribution >= 4 is 15.9 Å². The molecule has 1 aliphatic rings. The van der Waals surface area contributed by atoms with Gasteiger partial charge >= 0.3 is 0 Å². The van der Waals surface area contributed by atoms with Crippen LogP contribution in [0.4, 0.5) is 0 Å². The van der Waals surface area contributed by atoms with Gasteiger partial charge in [0, 0.05) is 12.0 Å². The first kappa shape index (κ1) is 13.6. The Hall–Kier alpha value is -1.42. The molecule has 2 aromatic rings. The highest BCUT2D eigenvalue weighted by Crippen LogP contribution is 2.39. The molecule has 4 heteroatoms. The highest BCUT2D eigenvalue weighted by atomic mass is 79.9. The Morgan fingerprint density at radius 3 is 2.55 bits per heavy atom. The molecule has 1 heterocycles. The van der Waals surface area contributed by atoms with E-state index in [1.165, 1.54) is 24.0 Å². The molecule has 3 nitrogen and oxygen atoms in total. The number of nitrogens with zero attached hydrogens (tertiary/aromatic N) is 2. The summed E-state index contributed by atoms with van der Waals surface area (Å²) in [5, 5.41) is 0. The van der Waals surface area contributed by atoms with Gasteiger partial charge in [0.05, 0.1) is 0 Å². The van der Waals surface area contributed by atoms with Crippen molar-refractivity contribution < 1.29 is 4.74 Å². The van der Waals surface area contributed by atoms with E-state index in [1.807, 2.05) is 6.07 Å². The largest absolute Gasteiger partial charge is 0.439 e. The maximum atomic E-state index is 5.99. The summed E-state index contributed by atoms with van der Waals surface area (Å²) in [5.74, 6) is 2.88. The SMILES string of the molecule is Cc1cc(C)c(C)c(Oc2cc(Br)nc(C3CC3)n2)c1. The van der Waals surface area contributed by atoms with E-state index >= 15 is 0 Å². The molecule has 3 rings (SSSR count). The monoisotopic (exact) mass is 332 g/mol. The normalized spacial score (nSPS) is 14.4. The Bertz CT molecular complexity index is 666. The summed E-state index contributed by atoms with van der Waals surface area (Å²) in [4.78, 5) is 8.95. The second-order valence-electron chi connectivity index (χ2n) is 5.47. The number of benzene rings is 1. The maximum absolute atomic E-state index is 5.99. The lowest BCUT2D eigenvalue weighted by Crippen LogP contribution is -1.98. The van der Waals surface area contributed by atoms with Crippen molar-refractivity contribution in [2.45, 2.75) is 39.5 Å². The fourth-order valence-corrected chi connectivity index (χ4v) is 2.59. The molecule has 1 aromatic carbocycles. The molecule has 104 valence electrons. The zero-order chi connectivity index (χ0) is 14.3. The van der Waals surface area contributed by atoms with Gasteiger partial charge in [0.2, 0.25) is 5.88 Å². The van der Waals surface area contributed by atoms with Crippen molar-refractivity contribution in [1.29, 1.82) is 0 Å². The number of rotatable bonds is 3. The van der Waals surface area contributed by atoms with Crippen LogP contribution in [0.2, 0.25) is 0 Å². The summed E-state index contributed by atoms with van der Waals surface area (Å²) >= 11 is 3.44. The highest BCUT2D eigenvalue weighted by Gasteiger charge is 2.27. The molecular formula is C16H17BrN2O. The highest BCUT2D eigenvalue weighted by molar-refractivity contribution is 9.10. The van der Waals surface area contributed by atoms with Gasteiger partial charge in [0.25, 0.3) is 0 Å². The zero-order valence-electron chi connectivity index (χ0n) is 11.9. The van der Waals surface area contributed by atoms with E-state index in [-0.39, 0.29) is 0 Å². The van der Waals surface area contributed by atoms with E-state index in [4.69, 9.17) is 4.74 Å². The smallest absolute Gasteiger partial charge is 0.223 e. The van der Waals surface area contributed by atoms with Crippen molar-refractivity contribution in [3.63, 3.8) is 0 Å². The summed E-state index contributed by atoms with van der Waals surface area (Å²) in [5.41, 5.74) is 3.58. The van der Waals surface area contributed by atoms with Crippen molar-refractivity contribution in [3.05, 3.63) is 45.3 Å². The van der Waals surface area contributed by atoms with Crippen molar-refractivity contribution in [3.8, 4) is 11.6 Å². The predicted octanol–water partition coefficient (Wildman–Crippen LogP) is 4.83. The third kappa shape index (κ3) is 2.85. The van der Waals surface area contributed by atoms with Crippen LogP contribution in [-0.4, -0.2) is 9.97 Å². The minimum atomic E-state index is 0.509. The molecule has 0 bridgehead atoms. The third-order valence-corrected chi connectivity index (χ3v) is 4.02. The molecule has 0 aliphatic heterocycles. The lowest BCUT2D eigenvalue weighted by Gasteiger charge is -2.12. The molecule has 1 aliphatic carbocycles. The Balaban J connectivity index is 1.95. The quantitative estimate of drug-likeness (QED) is 0.754. The van der Waals surface area contributed by atoms with E-state index in [0.717, 1.165) is 21.7 Å². The number of aryl methyl sites for hydroxylation is 2. The predicted molar refractivity (Wildman–Crippen MR) is 82.4 cm³/mol. The first-order valence-electron chi connectivity index (χ1n) is 6.83. The Kier molecular flexibility index (Phi) is 3.50. The fraction of sp³-hybridized carbons (Fsp3) is 0.375. The molecule has 0 spiro atoms. The minimum Gasteiger partial charge on any atom is -0.439 e. The van der Waals surface area contributed by atoms with Gasteiger partial charge in [-0.15, -0.1) is 0 Å². The Morgan fingerprint density at radius 1 is 1.10 bits per heavy atom.